The van der Waals surface area contributed by atoms with Gasteiger partial charge in [-0.2, -0.15) is 0 Å². The topological polar surface area (TPSA) is 85.8 Å². The fourth-order valence-electron chi connectivity index (χ4n) is 2.53. The molecule has 3 aromatic rings. The quantitative estimate of drug-likeness (QED) is 0.534. The molecule has 0 aliphatic rings. The Morgan fingerprint density at radius 1 is 1.08 bits per heavy atom. The first-order valence-corrected chi connectivity index (χ1v) is 9.20. The molecule has 6 nitrogen and oxygen atoms in total. The van der Waals surface area contributed by atoms with Crippen molar-refractivity contribution in [1.29, 1.82) is 0 Å². The van der Waals surface area contributed by atoms with Crippen LogP contribution in [0.5, 0.6) is 0 Å². The molecule has 3 rings (SSSR count). The minimum absolute atomic E-state index is 0.112. The Bertz CT molecular complexity index is 951. The molecule has 0 fully saturated rings. The number of carbonyl (C=O) groups is 1. The maximum Gasteiger partial charge on any atom is 0.234 e. The van der Waals surface area contributed by atoms with Crippen molar-refractivity contribution in [3.63, 3.8) is 0 Å². The van der Waals surface area contributed by atoms with Crippen LogP contribution in [0.25, 0.3) is 11.4 Å². The van der Waals surface area contributed by atoms with Crippen molar-refractivity contribution in [2.75, 3.05) is 16.9 Å². The van der Waals surface area contributed by atoms with Gasteiger partial charge in [-0.1, -0.05) is 42.1 Å². The average molecular weight is 367 g/mol. The summed E-state index contributed by atoms with van der Waals surface area (Å²) in [4.78, 5) is 12.2. The number of thioether (sulfide) groups is 1. The number of nitrogens with two attached hydrogens (primary N) is 1. The van der Waals surface area contributed by atoms with Crippen LogP contribution >= 0.6 is 11.8 Å². The predicted molar refractivity (Wildman–Crippen MR) is 106 cm³/mol. The van der Waals surface area contributed by atoms with Crippen LogP contribution in [-0.4, -0.2) is 26.5 Å². The number of benzene rings is 2. The SMILES string of the molecule is Cc1ccc(NC(=O)CSc2nnc(-c3ccccc3C)n2N)cc1C. The fourth-order valence-corrected chi connectivity index (χ4v) is 3.19. The van der Waals surface area contributed by atoms with Crippen molar-refractivity contribution in [3.8, 4) is 11.4 Å². The second-order valence-electron chi connectivity index (χ2n) is 6.13. The standard InChI is InChI=1S/C19H21N5OS/c1-12-8-9-15(10-14(12)3)21-17(25)11-26-19-23-22-18(24(19)20)16-7-5-4-6-13(16)2/h4-10H,11,20H2,1-3H3,(H,21,25). The van der Waals surface area contributed by atoms with Crippen molar-refractivity contribution in [2.24, 2.45) is 0 Å². The number of carbonyl (C=O) groups excluding carboxylic acids is 1. The van der Waals surface area contributed by atoms with Crippen molar-refractivity contribution in [3.05, 3.63) is 59.2 Å². The molecule has 3 N–H and O–H groups in total. The molecule has 0 aliphatic heterocycles. The van der Waals surface area contributed by atoms with Crippen LogP contribution in [0.1, 0.15) is 16.7 Å². The number of nitrogens with one attached hydrogen (secondary N) is 1. The van der Waals surface area contributed by atoms with Crippen LogP contribution in [-0.2, 0) is 4.79 Å². The summed E-state index contributed by atoms with van der Waals surface area (Å²) in [5.74, 6) is 6.79. The van der Waals surface area contributed by atoms with Gasteiger partial charge in [0.15, 0.2) is 5.82 Å². The van der Waals surface area contributed by atoms with Gasteiger partial charge in [0, 0.05) is 11.3 Å². The van der Waals surface area contributed by atoms with Gasteiger partial charge in [-0.25, -0.2) is 4.68 Å². The third kappa shape index (κ3) is 3.88. The van der Waals surface area contributed by atoms with Gasteiger partial charge in [0.2, 0.25) is 11.1 Å². The van der Waals surface area contributed by atoms with E-state index in [0.717, 1.165) is 22.4 Å². The number of amides is 1. The summed E-state index contributed by atoms with van der Waals surface area (Å²) in [6.45, 7) is 6.05. The summed E-state index contributed by atoms with van der Waals surface area (Å²) in [7, 11) is 0. The summed E-state index contributed by atoms with van der Waals surface area (Å²) in [5.41, 5.74) is 5.11. The molecule has 1 aromatic heterocycles. The van der Waals surface area contributed by atoms with E-state index in [4.69, 9.17) is 5.84 Å². The smallest absolute Gasteiger partial charge is 0.234 e. The van der Waals surface area contributed by atoms with Gasteiger partial charge in [0.05, 0.1) is 5.75 Å². The Labute approximate surface area is 156 Å². The predicted octanol–water partition coefficient (Wildman–Crippen LogP) is 3.31. The molecule has 1 amide bonds. The van der Waals surface area contributed by atoms with Crippen LogP contribution in [0.2, 0.25) is 0 Å². The molecule has 0 saturated heterocycles. The normalized spacial score (nSPS) is 10.7. The average Bonchev–Trinajstić information content (AvgIpc) is 2.97. The van der Waals surface area contributed by atoms with E-state index in [-0.39, 0.29) is 11.7 Å². The number of rotatable bonds is 5. The molecule has 0 radical (unpaired) electrons. The first-order valence-electron chi connectivity index (χ1n) is 8.22. The number of aryl methyl sites for hydroxylation is 3. The number of hydrogen-bond acceptors (Lipinski definition) is 5. The molecule has 0 unspecified atom stereocenters. The molecule has 0 saturated carbocycles. The van der Waals surface area contributed by atoms with Crippen LogP contribution in [0.15, 0.2) is 47.6 Å². The molecule has 0 spiro atoms. The lowest BCUT2D eigenvalue weighted by atomic mass is 10.1. The number of aromatic nitrogens is 3. The lowest BCUT2D eigenvalue weighted by molar-refractivity contribution is -0.113. The summed E-state index contributed by atoms with van der Waals surface area (Å²) >= 11 is 1.26. The zero-order chi connectivity index (χ0) is 18.7. The van der Waals surface area contributed by atoms with Crippen molar-refractivity contribution in [2.45, 2.75) is 25.9 Å². The van der Waals surface area contributed by atoms with Crippen LogP contribution in [0.3, 0.4) is 0 Å². The third-order valence-corrected chi connectivity index (χ3v) is 5.12. The van der Waals surface area contributed by atoms with E-state index in [1.54, 1.807) is 0 Å². The number of anilines is 1. The summed E-state index contributed by atoms with van der Waals surface area (Å²) in [5, 5.41) is 11.7. The molecular weight excluding hydrogens is 346 g/mol. The lowest BCUT2D eigenvalue weighted by Gasteiger charge is -2.08. The molecule has 0 bridgehead atoms. The first-order chi connectivity index (χ1) is 12.5. The van der Waals surface area contributed by atoms with Crippen LogP contribution in [0.4, 0.5) is 5.69 Å². The Hall–Kier alpha value is -2.80. The first kappa shape index (κ1) is 18.0. The third-order valence-electron chi connectivity index (χ3n) is 4.17. The fraction of sp³-hybridized carbons (Fsp3) is 0.211. The highest BCUT2D eigenvalue weighted by Gasteiger charge is 2.15. The van der Waals surface area contributed by atoms with Crippen molar-refractivity contribution in [1.82, 2.24) is 14.9 Å². The minimum atomic E-state index is -0.112. The highest BCUT2D eigenvalue weighted by molar-refractivity contribution is 7.99. The van der Waals surface area contributed by atoms with E-state index in [0.29, 0.717) is 11.0 Å². The molecule has 7 heteroatoms. The summed E-state index contributed by atoms with van der Waals surface area (Å²) in [6.07, 6.45) is 0. The Morgan fingerprint density at radius 2 is 1.85 bits per heavy atom. The lowest BCUT2D eigenvalue weighted by Crippen LogP contribution is -2.16. The van der Waals surface area contributed by atoms with Gasteiger partial charge in [0.25, 0.3) is 0 Å². The molecule has 0 atom stereocenters. The zero-order valence-corrected chi connectivity index (χ0v) is 15.8. The van der Waals surface area contributed by atoms with Gasteiger partial charge in [-0.05, 0) is 49.6 Å². The highest BCUT2D eigenvalue weighted by Crippen LogP contribution is 2.24. The monoisotopic (exact) mass is 367 g/mol. The maximum absolute atomic E-state index is 12.2. The van der Waals surface area contributed by atoms with Gasteiger partial charge >= 0.3 is 0 Å². The highest BCUT2D eigenvalue weighted by atomic mass is 32.2. The Balaban J connectivity index is 1.66. The van der Waals surface area contributed by atoms with Gasteiger partial charge in [0.1, 0.15) is 0 Å². The van der Waals surface area contributed by atoms with Gasteiger partial charge in [-0.15, -0.1) is 10.2 Å². The number of nitrogens with zero attached hydrogens (tertiary/aromatic N) is 3. The van der Waals surface area contributed by atoms with E-state index in [9.17, 15) is 4.79 Å². The molecular formula is C19H21N5OS. The molecule has 134 valence electrons. The zero-order valence-electron chi connectivity index (χ0n) is 15.0. The van der Waals surface area contributed by atoms with E-state index in [1.807, 2.05) is 63.2 Å². The van der Waals surface area contributed by atoms with Crippen LogP contribution in [0, 0.1) is 20.8 Å². The molecule has 1 heterocycles. The van der Waals surface area contributed by atoms with E-state index >= 15 is 0 Å². The Morgan fingerprint density at radius 3 is 2.58 bits per heavy atom. The molecule has 0 aliphatic carbocycles. The van der Waals surface area contributed by atoms with Crippen molar-refractivity contribution < 1.29 is 4.79 Å². The number of hydrogen-bond donors (Lipinski definition) is 2. The second-order valence-corrected chi connectivity index (χ2v) is 7.07. The Kier molecular flexibility index (Phi) is 5.27. The molecule has 26 heavy (non-hydrogen) atoms. The van der Waals surface area contributed by atoms with E-state index in [1.165, 1.54) is 22.0 Å². The summed E-state index contributed by atoms with van der Waals surface area (Å²) < 4.78 is 1.43. The second kappa shape index (κ2) is 7.61. The van der Waals surface area contributed by atoms with Gasteiger partial charge in [-0.3, -0.25) is 4.79 Å². The number of nitrogen functional groups attached to an aromatic ring is 1. The van der Waals surface area contributed by atoms with Crippen molar-refractivity contribution >= 4 is 23.4 Å². The minimum Gasteiger partial charge on any atom is -0.335 e. The van der Waals surface area contributed by atoms with Crippen LogP contribution < -0.4 is 11.2 Å². The molecule has 2 aromatic carbocycles. The maximum atomic E-state index is 12.2. The van der Waals surface area contributed by atoms with Gasteiger partial charge < -0.3 is 11.2 Å². The van der Waals surface area contributed by atoms with E-state index in [2.05, 4.69) is 15.5 Å². The largest absolute Gasteiger partial charge is 0.335 e. The van der Waals surface area contributed by atoms with E-state index < -0.39 is 0 Å². The summed E-state index contributed by atoms with van der Waals surface area (Å²) in [6, 6.07) is 13.7.